The molecule has 1 aromatic heterocycles. The molecule has 1 unspecified atom stereocenters. The lowest BCUT2D eigenvalue weighted by Crippen LogP contribution is -2.38. The summed E-state index contributed by atoms with van der Waals surface area (Å²) >= 11 is 0. The molecule has 2 aliphatic rings. The first-order chi connectivity index (χ1) is 12.3. The lowest BCUT2D eigenvalue weighted by molar-refractivity contribution is -0.128. The molecule has 2 aliphatic carbocycles. The third-order valence-electron chi connectivity index (χ3n) is 5.57. The fraction of sp³-hybridized carbons (Fsp3) is 0.500. The number of hydrogen-bond acceptors (Lipinski definition) is 3. The molecule has 25 heavy (non-hydrogen) atoms. The van der Waals surface area contributed by atoms with Gasteiger partial charge in [0.15, 0.2) is 0 Å². The van der Waals surface area contributed by atoms with Crippen LogP contribution in [0.25, 0.3) is 0 Å². The van der Waals surface area contributed by atoms with Crippen molar-refractivity contribution in [2.75, 3.05) is 7.11 Å². The number of methoxy groups -OCH3 is 1. The van der Waals surface area contributed by atoms with Crippen molar-refractivity contribution < 1.29 is 9.53 Å². The maximum Gasteiger partial charge on any atom is 0.223 e. The molecule has 0 spiro atoms. The second-order valence-electron chi connectivity index (χ2n) is 7.10. The zero-order valence-electron chi connectivity index (χ0n) is 14.7. The van der Waals surface area contributed by atoms with Crippen LogP contribution < -0.4 is 10.1 Å². The smallest absolute Gasteiger partial charge is 0.223 e. The van der Waals surface area contributed by atoms with Gasteiger partial charge >= 0.3 is 0 Å². The summed E-state index contributed by atoms with van der Waals surface area (Å²) in [6, 6.07) is 8.17. The lowest BCUT2D eigenvalue weighted by Gasteiger charge is -2.29. The van der Waals surface area contributed by atoms with Gasteiger partial charge in [-0.1, -0.05) is 24.6 Å². The summed E-state index contributed by atoms with van der Waals surface area (Å²) in [6.07, 6.45) is 8.31. The highest BCUT2D eigenvalue weighted by molar-refractivity contribution is 5.79. The molecule has 5 heteroatoms. The minimum atomic E-state index is 0.114. The largest absolute Gasteiger partial charge is 0.496 e. The van der Waals surface area contributed by atoms with E-state index in [9.17, 15) is 4.79 Å². The van der Waals surface area contributed by atoms with Crippen molar-refractivity contribution in [3.63, 3.8) is 0 Å². The molecule has 1 atom stereocenters. The van der Waals surface area contributed by atoms with Crippen LogP contribution in [0.3, 0.4) is 0 Å². The second-order valence-corrected chi connectivity index (χ2v) is 7.10. The van der Waals surface area contributed by atoms with Gasteiger partial charge in [0.25, 0.3) is 0 Å². The molecular formula is C20H25N3O2. The Bertz CT molecular complexity index is 764. The Morgan fingerprint density at radius 3 is 2.88 bits per heavy atom. The van der Waals surface area contributed by atoms with E-state index in [4.69, 9.17) is 4.74 Å². The molecule has 1 heterocycles. The molecule has 5 nitrogen and oxygen atoms in total. The average molecular weight is 339 g/mol. The van der Waals surface area contributed by atoms with E-state index in [2.05, 4.69) is 21.2 Å². The van der Waals surface area contributed by atoms with E-state index >= 15 is 0 Å². The number of carbonyl (C=O) groups is 1. The fourth-order valence-corrected chi connectivity index (χ4v) is 3.86. The molecule has 0 bridgehead atoms. The first-order valence-corrected chi connectivity index (χ1v) is 9.23. The van der Waals surface area contributed by atoms with Gasteiger partial charge in [0.1, 0.15) is 5.75 Å². The third-order valence-corrected chi connectivity index (χ3v) is 5.57. The summed E-state index contributed by atoms with van der Waals surface area (Å²) < 4.78 is 7.52. The highest BCUT2D eigenvalue weighted by Crippen LogP contribution is 2.33. The van der Waals surface area contributed by atoms with Crippen LogP contribution in [0.15, 0.2) is 30.5 Å². The molecule has 1 N–H and O–H groups in total. The molecule has 132 valence electrons. The maximum atomic E-state index is 12.3. The highest BCUT2D eigenvalue weighted by Gasteiger charge is 2.30. The summed E-state index contributed by atoms with van der Waals surface area (Å²) in [4.78, 5) is 12.3. The minimum Gasteiger partial charge on any atom is -0.496 e. The molecule has 0 radical (unpaired) electrons. The van der Waals surface area contributed by atoms with Gasteiger partial charge < -0.3 is 10.1 Å². The second kappa shape index (κ2) is 6.90. The van der Waals surface area contributed by atoms with Crippen molar-refractivity contribution in [3.8, 4) is 5.75 Å². The Hall–Kier alpha value is -2.30. The molecule has 2 aromatic rings. The van der Waals surface area contributed by atoms with Crippen LogP contribution in [-0.4, -0.2) is 22.8 Å². The topological polar surface area (TPSA) is 56.1 Å². The Morgan fingerprint density at radius 2 is 2.12 bits per heavy atom. The van der Waals surface area contributed by atoms with Crippen LogP contribution in [-0.2, 0) is 17.8 Å². The van der Waals surface area contributed by atoms with E-state index in [1.54, 1.807) is 7.11 Å². The first kappa shape index (κ1) is 16.2. The number of ether oxygens (including phenoxy) is 1. The molecule has 1 fully saturated rings. The number of para-hydroxylation sites is 1. The number of hydrogen-bond donors (Lipinski definition) is 1. The normalized spacial score (nSPS) is 19.8. The third kappa shape index (κ3) is 3.15. The summed E-state index contributed by atoms with van der Waals surface area (Å²) in [7, 11) is 1.70. The van der Waals surface area contributed by atoms with Gasteiger partial charge in [0, 0.05) is 22.7 Å². The Labute approximate surface area is 148 Å². The monoisotopic (exact) mass is 339 g/mol. The standard InChI is InChI=1S/C20H25N3O2/c1-25-19-11-3-2-6-15(19)13-23-18-10-5-9-17(16(18)12-21-23)22-20(24)14-7-4-8-14/h2-3,6,11-12,14,17H,4-5,7-10,13H2,1H3,(H,22,24). The van der Waals surface area contributed by atoms with E-state index in [0.717, 1.165) is 43.4 Å². The van der Waals surface area contributed by atoms with Crippen molar-refractivity contribution in [1.82, 2.24) is 15.1 Å². The molecule has 4 rings (SSSR count). The summed E-state index contributed by atoms with van der Waals surface area (Å²) in [5.74, 6) is 1.34. The van der Waals surface area contributed by atoms with Crippen molar-refractivity contribution in [3.05, 3.63) is 47.3 Å². The zero-order chi connectivity index (χ0) is 17.2. The fourth-order valence-electron chi connectivity index (χ4n) is 3.86. The van der Waals surface area contributed by atoms with Crippen LogP contribution in [0.2, 0.25) is 0 Å². The van der Waals surface area contributed by atoms with Crippen molar-refractivity contribution in [2.45, 2.75) is 51.1 Å². The van der Waals surface area contributed by atoms with Crippen LogP contribution >= 0.6 is 0 Å². The Kier molecular flexibility index (Phi) is 4.47. The quantitative estimate of drug-likeness (QED) is 0.910. The number of nitrogens with one attached hydrogen (secondary N) is 1. The van der Waals surface area contributed by atoms with Crippen molar-refractivity contribution in [2.24, 2.45) is 5.92 Å². The van der Waals surface area contributed by atoms with Crippen LogP contribution in [0.1, 0.15) is 55.0 Å². The van der Waals surface area contributed by atoms with Crippen molar-refractivity contribution in [1.29, 1.82) is 0 Å². The minimum absolute atomic E-state index is 0.114. The Balaban J connectivity index is 1.53. The molecule has 0 aliphatic heterocycles. The average Bonchev–Trinajstić information content (AvgIpc) is 2.98. The predicted molar refractivity (Wildman–Crippen MR) is 95.5 cm³/mol. The van der Waals surface area contributed by atoms with Gasteiger partial charge in [-0.2, -0.15) is 5.10 Å². The lowest BCUT2D eigenvalue weighted by atomic mass is 9.84. The SMILES string of the molecule is COc1ccccc1Cn1ncc2c1CCCC2NC(=O)C1CCC1. The summed E-state index contributed by atoms with van der Waals surface area (Å²) in [5.41, 5.74) is 3.56. The predicted octanol–water partition coefficient (Wildman–Crippen LogP) is 3.23. The molecular weight excluding hydrogens is 314 g/mol. The Morgan fingerprint density at radius 1 is 1.28 bits per heavy atom. The van der Waals surface area contributed by atoms with E-state index in [1.165, 1.54) is 17.7 Å². The maximum absolute atomic E-state index is 12.3. The molecule has 0 saturated heterocycles. The number of nitrogens with zero attached hydrogens (tertiary/aromatic N) is 2. The van der Waals surface area contributed by atoms with Crippen LogP contribution in [0.4, 0.5) is 0 Å². The first-order valence-electron chi connectivity index (χ1n) is 9.23. The molecule has 1 saturated carbocycles. The highest BCUT2D eigenvalue weighted by atomic mass is 16.5. The van der Waals surface area contributed by atoms with Gasteiger partial charge in [-0.15, -0.1) is 0 Å². The van der Waals surface area contributed by atoms with E-state index in [1.807, 2.05) is 24.4 Å². The van der Waals surface area contributed by atoms with Gasteiger partial charge in [0.2, 0.25) is 5.91 Å². The van der Waals surface area contributed by atoms with Crippen LogP contribution in [0, 0.1) is 5.92 Å². The van der Waals surface area contributed by atoms with Gasteiger partial charge in [-0.25, -0.2) is 0 Å². The number of fused-ring (bicyclic) bond motifs is 1. The molecule has 1 aromatic carbocycles. The van der Waals surface area contributed by atoms with Gasteiger partial charge in [-0.3, -0.25) is 9.48 Å². The summed E-state index contributed by atoms with van der Waals surface area (Å²) in [6.45, 7) is 0.697. The van der Waals surface area contributed by atoms with Gasteiger partial charge in [0.05, 0.1) is 25.9 Å². The van der Waals surface area contributed by atoms with Gasteiger partial charge in [-0.05, 0) is 38.2 Å². The van der Waals surface area contributed by atoms with E-state index < -0.39 is 0 Å². The number of aromatic nitrogens is 2. The summed E-state index contributed by atoms with van der Waals surface area (Å²) in [5, 5.41) is 7.87. The van der Waals surface area contributed by atoms with Crippen molar-refractivity contribution >= 4 is 5.91 Å². The number of carbonyl (C=O) groups excluding carboxylic acids is 1. The van der Waals surface area contributed by atoms with E-state index in [-0.39, 0.29) is 17.9 Å². The molecule has 1 amide bonds. The number of benzene rings is 1. The van der Waals surface area contributed by atoms with Crippen LogP contribution in [0.5, 0.6) is 5.75 Å². The number of rotatable bonds is 5. The zero-order valence-corrected chi connectivity index (χ0v) is 14.7. The van der Waals surface area contributed by atoms with E-state index in [0.29, 0.717) is 6.54 Å². The number of amides is 1.